The van der Waals surface area contributed by atoms with E-state index in [1.165, 1.54) is 11.8 Å². The summed E-state index contributed by atoms with van der Waals surface area (Å²) in [5, 5.41) is 2.74. The zero-order chi connectivity index (χ0) is 16.9. The highest BCUT2D eigenvalue weighted by Crippen LogP contribution is 2.28. The molecule has 0 fully saturated rings. The lowest BCUT2D eigenvalue weighted by Gasteiger charge is -2.20. The molecule has 1 N–H and O–H groups in total. The van der Waals surface area contributed by atoms with Gasteiger partial charge in [0.1, 0.15) is 0 Å². The second kappa shape index (κ2) is 8.02. The first-order chi connectivity index (χ1) is 10.1. The number of hydrogen-bond acceptors (Lipinski definition) is 4. The highest BCUT2D eigenvalue weighted by atomic mass is 79.9. The molecule has 1 amide bonds. The lowest BCUT2D eigenvalue weighted by Crippen LogP contribution is -2.42. The summed E-state index contributed by atoms with van der Waals surface area (Å²) in [7, 11) is 0. The van der Waals surface area contributed by atoms with Gasteiger partial charge in [0.25, 0.3) is 5.91 Å². The van der Waals surface area contributed by atoms with E-state index in [9.17, 15) is 9.59 Å². The van der Waals surface area contributed by atoms with E-state index in [0.29, 0.717) is 0 Å². The van der Waals surface area contributed by atoms with Crippen LogP contribution in [0, 0.1) is 13.8 Å². The van der Waals surface area contributed by atoms with Gasteiger partial charge in [-0.2, -0.15) is 0 Å². The minimum absolute atomic E-state index is 0.185. The fourth-order valence-electron chi connectivity index (χ4n) is 1.69. The van der Waals surface area contributed by atoms with Crippen molar-refractivity contribution >= 4 is 39.6 Å². The molecule has 4 nitrogen and oxygen atoms in total. The number of amides is 1. The predicted octanol–water partition coefficient (Wildman–Crippen LogP) is 3.62. The van der Waals surface area contributed by atoms with Crippen LogP contribution in [0.25, 0.3) is 0 Å². The number of aryl methyl sites for hydroxylation is 2. The number of esters is 1. The van der Waals surface area contributed by atoms with Crippen molar-refractivity contribution in [2.24, 2.45) is 0 Å². The zero-order valence-corrected chi connectivity index (χ0v) is 16.0. The fraction of sp³-hybridized carbons (Fsp3) is 0.500. The van der Waals surface area contributed by atoms with Crippen LogP contribution in [0.15, 0.2) is 21.5 Å². The van der Waals surface area contributed by atoms with Crippen LogP contribution < -0.4 is 5.32 Å². The van der Waals surface area contributed by atoms with E-state index in [0.717, 1.165) is 20.5 Å². The van der Waals surface area contributed by atoms with Crippen molar-refractivity contribution in [2.75, 3.05) is 12.4 Å². The van der Waals surface area contributed by atoms with Crippen LogP contribution >= 0.6 is 27.7 Å². The van der Waals surface area contributed by atoms with Crippen molar-refractivity contribution in [3.8, 4) is 0 Å². The summed E-state index contributed by atoms with van der Waals surface area (Å²) in [6.07, 6.45) is 0. The normalized spacial score (nSPS) is 11.2. The number of benzene rings is 1. The lowest BCUT2D eigenvalue weighted by molar-refractivity contribution is -0.146. The average Bonchev–Trinajstić information content (AvgIpc) is 2.37. The van der Waals surface area contributed by atoms with Gasteiger partial charge in [0.05, 0.1) is 5.75 Å². The predicted molar refractivity (Wildman–Crippen MR) is 93.2 cm³/mol. The van der Waals surface area contributed by atoms with Gasteiger partial charge in [-0.1, -0.05) is 15.9 Å². The third-order valence-corrected chi connectivity index (χ3v) is 4.67. The smallest absolute Gasteiger partial charge is 0.316 e. The van der Waals surface area contributed by atoms with Gasteiger partial charge >= 0.3 is 5.97 Å². The molecule has 122 valence electrons. The molecule has 0 heterocycles. The molecular weight excluding hydrogens is 366 g/mol. The Morgan fingerprint density at radius 1 is 1.23 bits per heavy atom. The maximum absolute atomic E-state index is 11.7. The molecular formula is C16H22BrNO3S. The molecule has 6 heteroatoms. The molecule has 0 aliphatic carbocycles. The third kappa shape index (κ3) is 6.83. The van der Waals surface area contributed by atoms with Crippen molar-refractivity contribution in [3.05, 3.63) is 27.7 Å². The van der Waals surface area contributed by atoms with Crippen LogP contribution in [-0.4, -0.2) is 29.8 Å². The van der Waals surface area contributed by atoms with Gasteiger partial charge in [0, 0.05) is 14.9 Å². The number of thioether (sulfide) groups is 1. The summed E-state index contributed by atoms with van der Waals surface area (Å²) >= 11 is 4.90. The Morgan fingerprint density at radius 3 is 2.45 bits per heavy atom. The van der Waals surface area contributed by atoms with Crippen molar-refractivity contribution in [2.45, 2.75) is 45.1 Å². The Labute approximate surface area is 144 Å². The maximum Gasteiger partial charge on any atom is 0.316 e. The Bertz CT molecular complexity index is 567. The molecule has 0 aliphatic rings. The van der Waals surface area contributed by atoms with E-state index in [2.05, 4.69) is 21.2 Å². The molecule has 0 unspecified atom stereocenters. The van der Waals surface area contributed by atoms with E-state index < -0.39 is 5.97 Å². The van der Waals surface area contributed by atoms with Gasteiger partial charge in [-0.15, -0.1) is 11.8 Å². The number of carbonyl (C=O) groups excluding carboxylic acids is 2. The van der Waals surface area contributed by atoms with Crippen molar-refractivity contribution in [1.82, 2.24) is 5.32 Å². The van der Waals surface area contributed by atoms with Crippen LogP contribution in [0.4, 0.5) is 0 Å². The maximum atomic E-state index is 11.7. The van der Waals surface area contributed by atoms with Crippen LogP contribution in [-0.2, 0) is 14.3 Å². The Hall–Kier alpha value is -1.01. The summed E-state index contributed by atoms with van der Waals surface area (Å²) in [5.74, 6) is -0.499. The largest absolute Gasteiger partial charge is 0.455 e. The minimum atomic E-state index is -0.394. The first-order valence-electron chi connectivity index (χ1n) is 6.94. The van der Waals surface area contributed by atoms with Gasteiger partial charge in [-0.25, -0.2) is 0 Å². The van der Waals surface area contributed by atoms with Gasteiger partial charge in [0.2, 0.25) is 0 Å². The van der Waals surface area contributed by atoms with Gasteiger partial charge < -0.3 is 10.1 Å². The molecule has 0 atom stereocenters. The van der Waals surface area contributed by atoms with E-state index in [1.807, 2.05) is 46.8 Å². The van der Waals surface area contributed by atoms with Crippen LogP contribution in [0.2, 0.25) is 0 Å². The first-order valence-corrected chi connectivity index (χ1v) is 8.72. The molecule has 0 aromatic heterocycles. The molecule has 0 aliphatic heterocycles. The second-order valence-electron chi connectivity index (χ2n) is 6.11. The van der Waals surface area contributed by atoms with Crippen molar-refractivity contribution in [1.29, 1.82) is 0 Å². The second-order valence-corrected chi connectivity index (χ2v) is 7.99. The fourth-order valence-corrected chi connectivity index (χ4v) is 3.05. The number of rotatable bonds is 5. The monoisotopic (exact) mass is 387 g/mol. The van der Waals surface area contributed by atoms with E-state index in [4.69, 9.17) is 4.74 Å². The highest BCUT2D eigenvalue weighted by Gasteiger charge is 2.15. The van der Waals surface area contributed by atoms with E-state index >= 15 is 0 Å². The highest BCUT2D eigenvalue weighted by molar-refractivity contribution is 9.10. The topological polar surface area (TPSA) is 55.4 Å². The molecule has 1 aromatic rings. The zero-order valence-electron chi connectivity index (χ0n) is 13.6. The van der Waals surface area contributed by atoms with Crippen LogP contribution in [0.1, 0.15) is 31.9 Å². The Kier molecular flexibility index (Phi) is 6.94. The summed E-state index contributed by atoms with van der Waals surface area (Å²) in [6.45, 7) is 9.38. The Balaban J connectivity index is 2.44. The molecule has 0 radical (unpaired) electrons. The molecule has 0 bridgehead atoms. The van der Waals surface area contributed by atoms with Gasteiger partial charge in [-0.3, -0.25) is 9.59 Å². The molecule has 0 spiro atoms. The summed E-state index contributed by atoms with van der Waals surface area (Å²) in [6, 6.07) is 4.06. The first kappa shape index (κ1) is 19.0. The standard InChI is InChI=1S/C16H22BrNO3S/c1-10-7-13(11(2)6-12(10)17)22-9-15(20)21-8-14(19)18-16(3,4)5/h6-7H,8-9H2,1-5H3,(H,18,19). The number of nitrogens with one attached hydrogen (secondary N) is 1. The minimum Gasteiger partial charge on any atom is -0.455 e. The van der Waals surface area contributed by atoms with E-state index in [1.54, 1.807) is 0 Å². The van der Waals surface area contributed by atoms with Crippen molar-refractivity contribution < 1.29 is 14.3 Å². The number of hydrogen-bond donors (Lipinski definition) is 1. The SMILES string of the molecule is Cc1cc(SCC(=O)OCC(=O)NC(C)(C)C)c(C)cc1Br. The summed E-state index contributed by atoms with van der Waals surface area (Å²) < 4.78 is 6.04. The van der Waals surface area contributed by atoms with Gasteiger partial charge in [0.15, 0.2) is 6.61 Å². The molecule has 22 heavy (non-hydrogen) atoms. The number of carbonyl (C=O) groups is 2. The number of ether oxygens (including phenoxy) is 1. The molecule has 1 rings (SSSR count). The molecule has 1 aromatic carbocycles. The molecule has 0 saturated carbocycles. The Morgan fingerprint density at radius 2 is 1.86 bits per heavy atom. The lowest BCUT2D eigenvalue weighted by atomic mass is 10.1. The summed E-state index contributed by atoms with van der Waals surface area (Å²) in [5.41, 5.74) is 1.89. The number of halogens is 1. The average molecular weight is 388 g/mol. The molecule has 0 saturated heterocycles. The van der Waals surface area contributed by atoms with Crippen LogP contribution in [0.3, 0.4) is 0 Å². The third-order valence-electron chi connectivity index (χ3n) is 2.68. The van der Waals surface area contributed by atoms with Crippen LogP contribution in [0.5, 0.6) is 0 Å². The summed E-state index contributed by atoms with van der Waals surface area (Å²) in [4.78, 5) is 24.3. The quantitative estimate of drug-likeness (QED) is 0.619. The van der Waals surface area contributed by atoms with Gasteiger partial charge in [-0.05, 0) is 57.9 Å². The van der Waals surface area contributed by atoms with E-state index in [-0.39, 0.29) is 23.8 Å². The van der Waals surface area contributed by atoms with Crippen molar-refractivity contribution in [3.63, 3.8) is 0 Å².